The normalized spacial score (nSPS) is 12.2. The molecule has 0 aromatic carbocycles. The highest BCUT2D eigenvalue weighted by molar-refractivity contribution is 5.49. The summed E-state index contributed by atoms with van der Waals surface area (Å²) in [5, 5.41) is 7.10. The Bertz CT molecular complexity index is 664. The fourth-order valence-electron chi connectivity index (χ4n) is 1.98. The Morgan fingerprint density at radius 2 is 2.19 bits per heavy atom. The largest absolute Gasteiger partial charge is 0.469 e. The van der Waals surface area contributed by atoms with Crippen molar-refractivity contribution in [3.05, 3.63) is 48.6 Å². The Hall–Kier alpha value is -2.63. The molecular formula is C15H16N4O2. The highest BCUT2D eigenvalue weighted by Gasteiger charge is 2.11. The minimum atomic E-state index is 0.201. The van der Waals surface area contributed by atoms with E-state index in [-0.39, 0.29) is 6.04 Å². The maximum Gasteiger partial charge on any atom is 0.322 e. The first-order valence-electron chi connectivity index (χ1n) is 6.85. The van der Waals surface area contributed by atoms with Gasteiger partial charge in [0.25, 0.3) is 0 Å². The summed E-state index contributed by atoms with van der Waals surface area (Å²) in [5.74, 6) is 1.46. The number of nitrogens with zero attached hydrogens (tertiary/aromatic N) is 3. The van der Waals surface area contributed by atoms with E-state index in [0.29, 0.717) is 17.5 Å². The molecule has 3 aromatic rings. The van der Waals surface area contributed by atoms with Gasteiger partial charge in [-0.1, -0.05) is 11.2 Å². The molecule has 0 fully saturated rings. The molecule has 0 amide bonds. The minimum absolute atomic E-state index is 0.201. The van der Waals surface area contributed by atoms with Crippen molar-refractivity contribution in [2.75, 3.05) is 5.32 Å². The third-order valence-electron chi connectivity index (χ3n) is 3.09. The van der Waals surface area contributed by atoms with Crippen LogP contribution in [-0.2, 0) is 6.42 Å². The highest BCUT2D eigenvalue weighted by Crippen LogP contribution is 2.16. The van der Waals surface area contributed by atoms with Crippen molar-refractivity contribution in [1.82, 2.24) is 15.1 Å². The molecule has 0 saturated carbocycles. The van der Waals surface area contributed by atoms with Gasteiger partial charge in [0.05, 0.1) is 6.26 Å². The van der Waals surface area contributed by atoms with Crippen molar-refractivity contribution in [2.24, 2.45) is 0 Å². The van der Waals surface area contributed by atoms with Gasteiger partial charge < -0.3 is 14.3 Å². The van der Waals surface area contributed by atoms with Crippen LogP contribution >= 0.6 is 0 Å². The molecule has 108 valence electrons. The molecule has 3 rings (SSSR count). The molecule has 0 saturated heterocycles. The second kappa shape index (κ2) is 6.21. The maximum atomic E-state index is 5.31. The van der Waals surface area contributed by atoms with Crippen LogP contribution in [0, 0.1) is 0 Å². The first kappa shape index (κ1) is 13.4. The fraction of sp³-hybridized carbons (Fsp3) is 0.267. The molecule has 6 heteroatoms. The zero-order valence-corrected chi connectivity index (χ0v) is 11.7. The number of aromatic nitrogens is 3. The van der Waals surface area contributed by atoms with E-state index in [1.54, 1.807) is 12.5 Å². The lowest BCUT2D eigenvalue weighted by Gasteiger charge is -2.09. The predicted molar refractivity (Wildman–Crippen MR) is 77.6 cm³/mol. The van der Waals surface area contributed by atoms with E-state index >= 15 is 0 Å². The molecule has 0 spiro atoms. The quantitative estimate of drug-likeness (QED) is 0.749. The van der Waals surface area contributed by atoms with Crippen LogP contribution in [0.4, 0.5) is 6.01 Å². The molecule has 0 aliphatic rings. The van der Waals surface area contributed by atoms with Crippen molar-refractivity contribution >= 4 is 6.01 Å². The van der Waals surface area contributed by atoms with Gasteiger partial charge >= 0.3 is 6.01 Å². The van der Waals surface area contributed by atoms with E-state index in [1.807, 2.05) is 30.3 Å². The Morgan fingerprint density at radius 1 is 1.24 bits per heavy atom. The molecule has 3 aromatic heterocycles. The van der Waals surface area contributed by atoms with E-state index in [9.17, 15) is 0 Å². The Morgan fingerprint density at radius 3 is 2.95 bits per heavy atom. The molecule has 0 aliphatic heterocycles. The van der Waals surface area contributed by atoms with Gasteiger partial charge in [0.2, 0.25) is 5.82 Å². The van der Waals surface area contributed by atoms with Gasteiger partial charge in [-0.25, -0.2) is 0 Å². The van der Waals surface area contributed by atoms with Crippen LogP contribution < -0.4 is 5.32 Å². The summed E-state index contributed by atoms with van der Waals surface area (Å²) in [5.41, 5.74) is 0.692. The lowest BCUT2D eigenvalue weighted by Crippen LogP contribution is -2.16. The summed E-state index contributed by atoms with van der Waals surface area (Å²) >= 11 is 0. The van der Waals surface area contributed by atoms with Crippen LogP contribution in [0.1, 0.15) is 19.1 Å². The first-order valence-corrected chi connectivity index (χ1v) is 6.85. The maximum absolute atomic E-state index is 5.31. The van der Waals surface area contributed by atoms with Gasteiger partial charge in [0.1, 0.15) is 11.5 Å². The third kappa shape index (κ3) is 3.47. The molecule has 1 N–H and O–H groups in total. The SMILES string of the molecule is C[C@@H](CCc1ccco1)Nc1nc(-c2ccccn2)no1. The van der Waals surface area contributed by atoms with Crippen molar-refractivity contribution in [3.8, 4) is 11.5 Å². The van der Waals surface area contributed by atoms with Crippen LogP contribution in [0.25, 0.3) is 11.5 Å². The number of rotatable bonds is 6. The fourth-order valence-corrected chi connectivity index (χ4v) is 1.98. The van der Waals surface area contributed by atoms with Crippen molar-refractivity contribution in [3.63, 3.8) is 0 Å². The van der Waals surface area contributed by atoms with E-state index < -0.39 is 0 Å². The van der Waals surface area contributed by atoms with E-state index in [0.717, 1.165) is 18.6 Å². The Labute approximate surface area is 122 Å². The minimum Gasteiger partial charge on any atom is -0.469 e. The van der Waals surface area contributed by atoms with Crippen molar-refractivity contribution in [1.29, 1.82) is 0 Å². The average Bonchev–Trinajstić information content (AvgIpc) is 3.17. The van der Waals surface area contributed by atoms with Gasteiger partial charge in [0, 0.05) is 18.7 Å². The molecule has 3 heterocycles. The van der Waals surface area contributed by atoms with Crippen LogP contribution in [0.3, 0.4) is 0 Å². The van der Waals surface area contributed by atoms with Gasteiger partial charge in [-0.3, -0.25) is 4.98 Å². The summed E-state index contributed by atoms with van der Waals surface area (Å²) in [6.45, 7) is 2.06. The lowest BCUT2D eigenvalue weighted by atomic mass is 10.1. The van der Waals surface area contributed by atoms with E-state index in [4.69, 9.17) is 8.94 Å². The molecule has 1 atom stereocenters. The number of furan rings is 1. The van der Waals surface area contributed by atoms with Crippen LogP contribution in [0.5, 0.6) is 0 Å². The number of hydrogen-bond acceptors (Lipinski definition) is 6. The number of anilines is 1. The van der Waals surface area contributed by atoms with Crippen molar-refractivity contribution in [2.45, 2.75) is 25.8 Å². The summed E-state index contributed by atoms with van der Waals surface area (Å²) in [6, 6.07) is 10.0. The number of aryl methyl sites for hydroxylation is 1. The molecule has 0 bridgehead atoms. The van der Waals surface area contributed by atoms with E-state index in [2.05, 4.69) is 27.4 Å². The molecule has 21 heavy (non-hydrogen) atoms. The topological polar surface area (TPSA) is 77.0 Å². The molecular weight excluding hydrogens is 268 g/mol. The van der Waals surface area contributed by atoms with Crippen LogP contribution in [0.2, 0.25) is 0 Å². The number of pyridine rings is 1. The first-order chi connectivity index (χ1) is 10.3. The molecule has 0 unspecified atom stereocenters. The van der Waals surface area contributed by atoms with Gasteiger partial charge in [-0.15, -0.1) is 0 Å². The predicted octanol–water partition coefficient (Wildman–Crippen LogP) is 3.16. The van der Waals surface area contributed by atoms with E-state index in [1.165, 1.54) is 0 Å². The van der Waals surface area contributed by atoms with Crippen LogP contribution in [-0.4, -0.2) is 21.2 Å². The second-order valence-electron chi connectivity index (χ2n) is 4.80. The smallest absolute Gasteiger partial charge is 0.322 e. The lowest BCUT2D eigenvalue weighted by molar-refractivity contribution is 0.425. The summed E-state index contributed by atoms with van der Waals surface area (Å²) in [7, 11) is 0. The number of nitrogens with one attached hydrogen (secondary N) is 1. The molecule has 0 aliphatic carbocycles. The van der Waals surface area contributed by atoms with Crippen LogP contribution in [0.15, 0.2) is 51.7 Å². The zero-order valence-electron chi connectivity index (χ0n) is 11.7. The Kier molecular flexibility index (Phi) is 3.95. The summed E-state index contributed by atoms with van der Waals surface area (Å²) in [4.78, 5) is 8.48. The van der Waals surface area contributed by atoms with Gasteiger partial charge in [-0.2, -0.15) is 4.98 Å². The standard InChI is InChI=1S/C15H16N4O2/c1-11(7-8-12-5-4-10-20-12)17-15-18-14(19-21-15)13-6-2-3-9-16-13/h2-6,9-11H,7-8H2,1H3,(H,17,18,19)/t11-/m0/s1. The molecule has 0 radical (unpaired) electrons. The number of hydrogen-bond donors (Lipinski definition) is 1. The third-order valence-corrected chi connectivity index (χ3v) is 3.09. The van der Waals surface area contributed by atoms with Crippen molar-refractivity contribution < 1.29 is 8.94 Å². The zero-order chi connectivity index (χ0) is 14.5. The van der Waals surface area contributed by atoms with Gasteiger partial charge in [-0.05, 0) is 37.6 Å². The average molecular weight is 284 g/mol. The Balaban J connectivity index is 1.57. The summed E-state index contributed by atoms with van der Waals surface area (Å²) < 4.78 is 10.5. The highest BCUT2D eigenvalue weighted by atomic mass is 16.5. The van der Waals surface area contributed by atoms with Gasteiger partial charge in [0.15, 0.2) is 0 Å². The summed E-state index contributed by atoms with van der Waals surface area (Å²) in [6.07, 6.45) is 5.16. The monoisotopic (exact) mass is 284 g/mol. The molecule has 6 nitrogen and oxygen atoms in total. The second-order valence-corrected chi connectivity index (χ2v) is 4.80.